The minimum Gasteiger partial charge on any atom is -0.368 e. The van der Waals surface area contributed by atoms with Crippen molar-refractivity contribution in [3.63, 3.8) is 0 Å². The molecule has 32 heavy (non-hydrogen) atoms. The molecule has 2 bridgehead atoms. The lowest BCUT2D eigenvalue weighted by Crippen LogP contribution is -2.77. The first-order chi connectivity index (χ1) is 15.0. The number of amides is 1. The first-order valence-corrected chi connectivity index (χ1v) is 10.5. The van der Waals surface area contributed by atoms with Crippen molar-refractivity contribution >= 4 is 17.5 Å². The second-order valence-electron chi connectivity index (χ2n) is 8.85. The average Bonchev–Trinajstić information content (AvgIpc) is 3.10. The van der Waals surface area contributed by atoms with Gasteiger partial charge in [-0.1, -0.05) is 11.6 Å². The summed E-state index contributed by atoms with van der Waals surface area (Å²) in [4.78, 5) is 13.5. The lowest BCUT2D eigenvalue weighted by atomic mass is 9.38. The highest BCUT2D eigenvalue weighted by molar-refractivity contribution is 6.30. The summed E-state index contributed by atoms with van der Waals surface area (Å²) in [6.07, 6.45) is -1.93. The summed E-state index contributed by atoms with van der Waals surface area (Å²) in [6, 6.07) is 4.32. The second kappa shape index (κ2) is 7.39. The predicted octanol–water partition coefficient (Wildman–Crippen LogP) is 3.43. The van der Waals surface area contributed by atoms with Gasteiger partial charge in [-0.25, -0.2) is 4.39 Å². The van der Waals surface area contributed by atoms with Gasteiger partial charge in [-0.15, -0.1) is 13.2 Å². The van der Waals surface area contributed by atoms with Crippen LogP contribution in [0.15, 0.2) is 24.4 Å². The van der Waals surface area contributed by atoms with Gasteiger partial charge in [-0.05, 0) is 31.4 Å². The summed E-state index contributed by atoms with van der Waals surface area (Å²) in [7, 11) is 0. The summed E-state index contributed by atoms with van der Waals surface area (Å²) >= 11 is 5.71. The fourth-order valence-corrected chi connectivity index (χ4v) is 5.01. The van der Waals surface area contributed by atoms with E-state index in [4.69, 9.17) is 16.3 Å². The van der Waals surface area contributed by atoms with Gasteiger partial charge in [0, 0.05) is 29.9 Å². The Morgan fingerprint density at radius 2 is 1.97 bits per heavy atom. The quantitative estimate of drug-likeness (QED) is 0.622. The number of nitrogens with one attached hydrogen (secondary N) is 1. The molecule has 1 aromatic carbocycles. The summed E-state index contributed by atoms with van der Waals surface area (Å²) in [5.74, 6) is -0.846. The summed E-state index contributed by atoms with van der Waals surface area (Å²) in [5, 5.41) is 11.7. The highest BCUT2D eigenvalue weighted by atomic mass is 35.5. The molecular weight excluding hydrogens is 456 g/mol. The number of benzene rings is 1. The van der Waals surface area contributed by atoms with E-state index in [2.05, 4.69) is 20.3 Å². The lowest BCUT2D eigenvalue weighted by Gasteiger charge is -2.69. The molecule has 6 rings (SSSR count). The third kappa shape index (κ3) is 3.97. The molecule has 0 spiro atoms. The third-order valence-corrected chi connectivity index (χ3v) is 6.71. The summed E-state index contributed by atoms with van der Waals surface area (Å²) < 4.78 is 59.3. The van der Waals surface area contributed by atoms with Gasteiger partial charge < -0.3 is 10.1 Å². The number of hydrogen-bond donors (Lipinski definition) is 1. The van der Waals surface area contributed by atoms with Crippen LogP contribution >= 0.6 is 11.6 Å². The van der Waals surface area contributed by atoms with E-state index >= 15 is 0 Å². The number of ether oxygens (including phenoxy) is 2. The van der Waals surface area contributed by atoms with Crippen LogP contribution in [0.2, 0.25) is 5.02 Å². The molecule has 0 atom stereocenters. The van der Waals surface area contributed by atoms with E-state index in [0.717, 1.165) is 5.69 Å². The van der Waals surface area contributed by atoms with Crippen molar-refractivity contribution in [2.24, 2.45) is 0 Å². The molecule has 0 radical (unpaired) electrons. The van der Waals surface area contributed by atoms with Crippen LogP contribution in [0.4, 0.5) is 17.6 Å². The third-order valence-electron chi connectivity index (χ3n) is 6.41. The maximum absolute atomic E-state index is 13.7. The molecule has 1 N–H and O–H groups in total. The van der Waals surface area contributed by atoms with E-state index in [1.807, 2.05) is 0 Å². The molecule has 2 aromatic rings. The zero-order valence-corrected chi connectivity index (χ0v) is 17.4. The molecule has 4 fully saturated rings. The van der Waals surface area contributed by atoms with Crippen LogP contribution in [0, 0.1) is 5.82 Å². The van der Waals surface area contributed by atoms with E-state index < -0.39 is 24.4 Å². The maximum Gasteiger partial charge on any atom is 0.522 e. The Balaban J connectivity index is 1.08. The van der Waals surface area contributed by atoms with Gasteiger partial charge >= 0.3 is 6.36 Å². The van der Waals surface area contributed by atoms with Crippen LogP contribution in [-0.4, -0.2) is 51.6 Å². The number of aromatic nitrogens is 3. The van der Waals surface area contributed by atoms with E-state index in [9.17, 15) is 22.4 Å². The Hall–Kier alpha value is -2.24. The number of rotatable bonds is 7. The molecule has 4 aliphatic carbocycles. The summed E-state index contributed by atoms with van der Waals surface area (Å²) in [5.41, 5.74) is 0.778. The molecule has 4 saturated carbocycles. The van der Waals surface area contributed by atoms with Crippen molar-refractivity contribution in [1.82, 2.24) is 20.3 Å². The SMILES string of the molecule is O=C(CO[C@H]1C[C@@H](OC(F)(F)F)C1)NC12CC(c3cnn(-c4ccc(Cl)c(F)c4)n3)(C1)C2. The van der Waals surface area contributed by atoms with Crippen molar-refractivity contribution in [3.8, 4) is 5.69 Å². The van der Waals surface area contributed by atoms with Crippen LogP contribution in [-0.2, 0) is 19.7 Å². The molecule has 4 aliphatic rings. The molecule has 12 heteroatoms. The van der Waals surface area contributed by atoms with E-state index in [1.165, 1.54) is 16.9 Å². The van der Waals surface area contributed by atoms with Gasteiger partial charge in [0.1, 0.15) is 12.4 Å². The van der Waals surface area contributed by atoms with Crippen LogP contribution in [0.3, 0.4) is 0 Å². The van der Waals surface area contributed by atoms with Crippen molar-refractivity contribution in [2.45, 2.75) is 61.6 Å². The van der Waals surface area contributed by atoms with E-state index in [-0.39, 0.29) is 41.3 Å². The maximum atomic E-state index is 13.7. The molecule has 0 aliphatic heterocycles. The van der Waals surface area contributed by atoms with Crippen LogP contribution in [0.25, 0.3) is 5.69 Å². The minimum absolute atomic E-state index is 0.0222. The van der Waals surface area contributed by atoms with Crippen molar-refractivity contribution in [3.05, 3.63) is 40.9 Å². The topological polar surface area (TPSA) is 78.3 Å². The van der Waals surface area contributed by atoms with Crippen LogP contribution in [0.1, 0.15) is 37.8 Å². The van der Waals surface area contributed by atoms with Crippen LogP contribution in [0.5, 0.6) is 0 Å². The van der Waals surface area contributed by atoms with Crippen molar-refractivity contribution < 1.29 is 31.8 Å². The first-order valence-electron chi connectivity index (χ1n) is 10.1. The van der Waals surface area contributed by atoms with Crippen molar-refractivity contribution in [1.29, 1.82) is 0 Å². The van der Waals surface area contributed by atoms with Crippen LogP contribution < -0.4 is 5.32 Å². The Morgan fingerprint density at radius 3 is 2.62 bits per heavy atom. The predicted molar refractivity (Wildman–Crippen MR) is 103 cm³/mol. The van der Waals surface area contributed by atoms with Crippen molar-refractivity contribution in [2.75, 3.05) is 6.61 Å². The summed E-state index contributed by atoms with van der Waals surface area (Å²) in [6.45, 7) is -0.198. The first kappa shape index (κ1) is 21.6. The van der Waals surface area contributed by atoms with Gasteiger partial charge in [0.15, 0.2) is 0 Å². The number of hydrogen-bond acceptors (Lipinski definition) is 5. The Kier molecular flexibility index (Phi) is 4.99. The van der Waals surface area contributed by atoms with Gasteiger partial charge in [0.2, 0.25) is 5.91 Å². The zero-order chi connectivity index (χ0) is 22.7. The molecule has 1 amide bonds. The lowest BCUT2D eigenvalue weighted by molar-refractivity contribution is -0.357. The normalized spacial score (nSPS) is 30.8. The Morgan fingerprint density at radius 1 is 1.25 bits per heavy atom. The fraction of sp³-hybridized carbons (Fsp3) is 0.550. The van der Waals surface area contributed by atoms with Gasteiger partial charge in [0.05, 0.1) is 34.8 Å². The smallest absolute Gasteiger partial charge is 0.368 e. The number of carbonyl (C=O) groups is 1. The zero-order valence-electron chi connectivity index (χ0n) is 16.7. The number of alkyl halides is 3. The minimum atomic E-state index is -4.65. The van der Waals surface area contributed by atoms with E-state index in [1.54, 1.807) is 12.3 Å². The average molecular weight is 475 g/mol. The molecule has 172 valence electrons. The van der Waals surface area contributed by atoms with Gasteiger partial charge in [-0.3, -0.25) is 9.53 Å². The van der Waals surface area contributed by atoms with E-state index in [0.29, 0.717) is 24.9 Å². The molecular formula is C20H19ClF4N4O3. The second-order valence-corrected chi connectivity index (χ2v) is 9.25. The number of halogens is 5. The number of nitrogens with zero attached hydrogens (tertiary/aromatic N) is 3. The van der Waals surface area contributed by atoms with Gasteiger partial charge in [-0.2, -0.15) is 15.0 Å². The monoisotopic (exact) mass is 474 g/mol. The molecule has 0 saturated heterocycles. The molecule has 1 heterocycles. The largest absolute Gasteiger partial charge is 0.522 e. The van der Waals surface area contributed by atoms with Gasteiger partial charge in [0.25, 0.3) is 0 Å². The standard InChI is InChI=1S/C20H19ClF4N4O3/c21-14-2-1-11(3-15(14)22)29-26-6-16(28-29)18-8-19(9-18,10-18)27-17(30)7-31-12-4-13(5-12)32-20(23,24)25/h1-3,6,12-13H,4-5,7-10H2,(H,27,30)/t12-,13+,18?,19?. The highest BCUT2D eigenvalue weighted by Crippen LogP contribution is 2.67. The molecule has 7 nitrogen and oxygen atoms in total. The highest BCUT2D eigenvalue weighted by Gasteiger charge is 2.70. The number of carbonyl (C=O) groups excluding carboxylic acids is 1. The Labute approximate surface area is 185 Å². The fourth-order valence-electron chi connectivity index (χ4n) is 4.90. The molecule has 0 unspecified atom stereocenters. The molecule has 1 aromatic heterocycles. The Bertz CT molecular complexity index is 1030.